The lowest BCUT2D eigenvalue weighted by Crippen LogP contribution is -2.38. The number of hydrogen-bond donors (Lipinski definition) is 1. The Bertz CT molecular complexity index is 1220. The molecule has 1 aliphatic rings. The monoisotopic (exact) mass is 513 g/mol. The van der Waals surface area contributed by atoms with Crippen LogP contribution in [0.2, 0.25) is 5.02 Å². The largest absolute Gasteiger partial charge is 0.493 e. The van der Waals surface area contributed by atoms with Crippen molar-refractivity contribution in [3.63, 3.8) is 0 Å². The minimum Gasteiger partial charge on any atom is -0.493 e. The zero-order valence-electron chi connectivity index (χ0n) is 20.0. The van der Waals surface area contributed by atoms with Crippen LogP contribution in [0.25, 0.3) is 0 Å². The van der Waals surface area contributed by atoms with Crippen molar-refractivity contribution in [2.45, 2.75) is 32.1 Å². The minimum absolute atomic E-state index is 0.0843. The van der Waals surface area contributed by atoms with Crippen molar-refractivity contribution in [2.75, 3.05) is 32.6 Å². The summed E-state index contributed by atoms with van der Waals surface area (Å²) in [5.74, 6) is 1.20. The zero-order valence-corrected chi connectivity index (χ0v) is 21.5. The number of amides is 2. The van der Waals surface area contributed by atoms with E-state index in [1.165, 1.54) is 11.3 Å². The molecule has 2 aromatic carbocycles. The van der Waals surface area contributed by atoms with E-state index in [0.29, 0.717) is 47.4 Å². The lowest BCUT2D eigenvalue weighted by molar-refractivity contribution is -0.131. The number of rotatable bonds is 7. The molecule has 1 saturated heterocycles. The molecule has 184 valence electrons. The molecule has 0 radical (unpaired) electrons. The molecule has 1 N–H and O–H groups in total. The Morgan fingerprint density at radius 2 is 1.83 bits per heavy atom. The normalized spacial score (nSPS) is 14.0. The van der Waals surface area contributed by atoms with Gasteiger partial charge in [0.05, 0.1) is 25.6 Å². The predicted octanol–water partition coefficient (Wildman–Crippen LogP) is 5.32. The summed E-state index contributed by atoms with van der Waals surface area (Å²) in [6, 6.07) is 11.0. The van der Waals surface area contributed by atoms with E-state index in [1.54, 1.807) is 31.7 Å². The fourth-order valence-electron chi connectivity index (χ4n) is 4.17. The second-order valence-corrected chi connectivity index (χ2v) is 9.77. The van der Waals surface area contributed by atoms with Gasteiger partial charge < -0.3 is 19.7 Å². The number of nitrogens with one attached hydrogen (secondary N) is 1. The summed E-state index contributed by atoms with van der Waals surface area (Å²) >= 11 is 7.69. The van der Waals surface area contributed by atoms with E-state index in [2.05, 4.69) is 10.3 Å². The lowest BCUT2D eigenvalue weighted by atomic mass is 9.97. The maximum absolute atomic E-state index is 12.9. The van der Waals surface area contributed by atoms with Gasteiger partial charge >= 0.3 is 0 Å². The Kier molecular flexibility index (Phi) is 7.93. The van der Waals surface area contributed by atoms with E-state index in [0.717, 1.165) is 29.0 Å². The number of aryl methyl sites for hydroxylation is 1. The van der Waals surface area contributed by atoms with Crippen LogP contribution in [0.4, 0.5) is 5.69 Å². The Balaban J connectivity index is 1.35. The Labute approximate surface area is 214 Å². The van der Waals surface area contributed by atoms with E-state index in [9.17, 15) is 9.59 Å². The fourth-order valence-corrected chi connectivity index (χ4v) is 5.35. The molecule has 3 aromatic rings. The van der Waals surface area contributed by atoms with Crippen molar-refractivity contribution in [3.05, 3.63) is 68.6 Å². The highest BCUT2D eigenvalue weighted by atomic mass is 35.5. The molecule has 0 saturated carbocycles. The number of ether oxygens (including phenoxy) is 2. The molecule has 1 fully saturated rings. The zero-order chi connectivity index (χ0) is 24.9. The summed E-state index contributed by atoms with van der Waals surface area (Å²) in [5.41, 5.74) is 2.74. The van der Waals surface area contributed by atoms with Gasteiger partial charge in [-0.25, -0.2) is 4.98 Å². The number of halogens is 1. The number of thiazole rings is 1. The first-order valence-electron chi connectivity index (χ1n) is 11.4. The Morgan fingerprint density at radius 1 is 1.14 bits per heavy atom. The molecule has 2 heterocycles. The molecule has 9 heteroatoms. The molecule has 1 aromatic heterocycles. The molecule has 2 amide bonds. The second kappa shape index (κ2) is 11.1. The third-order valence-electron chi connectivity index (χ3n) is 6.23. The number of likely N-dealkylation sites (tertiary alicyclic amines) is 1. The van der Waals surface area contributed by atoms with Crippen LogP contribution in [0.1, 0.15) is 45.4 Å². The van der Waals surface area contributed by atoms with Gasteiger partial charge in [-0.1, -0.05) is 29.8 Å². The van der Waals surface area contributed by atoms with Crippen LogP contribution in [0, 0.1) is 6.92 Å². The number of aromatic nitrogens is 1. The van der Waals surface area contributed by atoms with Gasteiger partial charge in [-0.2, -0.15) is 0 Å². The molecule has 0 bridgehead atoms. The van der Waals surface area contributed by atoms with Crippen LogP contribution in [-0.4, -0.2) is 49.0 Å². The Hall–Kier alpha value is -3.10. The molecule has 0 unspecified atom stereocenters. The number of nitrogens with zero attached hydrogens (tertiary/aromatic N) is 2. The Morgan fingerprint density at radius 3 is 2.51 bits per heavy atom. The molecule has 4 rings (SSSR count). The maximum atomic E-state index is 12.9. The van der Waals surface area contributed by atoms with E-state index < -0.39 is 0 Å². The quantitative estimate of drug-likeness (QED) is 0.462. The predicted molar refractivity (Wildman–Crippen MR) is 138 cm³/mol. The fraction of sp³-hybridized carbons (Fsp3) is 0.346. The van der Waals surface area contributed by atoms with E-state index in [1.807, 2.05) is 36.1 Å². The van der Waals surface area contributed by atoms with Crippen molar-refractivity contribution < 1.29 is 19.1 Å². The summed E-state index contributed by atoms with van der Waals surface area (Å²) in [6.07, 6.45) is 1.94. The van der Waals surface area contributed by atoms with E-state index in [4.69, 9.17) is 21.1 Å². The highest BCUT2D eigenvalue weighted by Gasteiger charge is 2.27. The first-order chi connectivity index (χ1) is 16.9. The summed E-state index contributed by atoms with van der Waals surface area (Å²) in [5, 5.41) is 6.26. The smallest absolute Gasteiger partial charge is 0.275 e. The highest BCUT2D eigenvalue weighted by molar-refractivity contribution is 7.10. The molecule has 0 aliphatic carbocycles. The highest BCUT2D eigenvalue weighted by Crippen LogP contribution is 2.34. The summed E-state index contributed by atoms with van der Waals surface area (Å²) in [6.45, 7) is 3.23. The SMILES string of the molecule is COc1cc(C)c(NC(=O)c2csc(C3CCN(C(=O)Cc4ccccc4Cl)CC3)n2)cc1OC. The first-order valence-corrected chi connectivity index (χ1v) is 12.7. The number of piperidine rings is 1. The van der Waals surface area contributed by atoms with Crippen LogP contribution < -0.4 is 14.8 Å². The van der Waals surface area contributed by atoms with Gasteiger partial charge in [-0.15, -0.1) is 11.3 Å². The third-order valence-corrected chi connectivity index (χ3v) is 7.61. The average molecular weight is 514 g/mol. The number of anilines is 1. The van der Waals surface area contributed by atoms with Gasteiger partial charge in [0.1, 0.15) is 5.69 Å². The van der Waals surface area contributed by atoms with Gasteiger partial charge in [-0.3, -0.25) is 9.59 Å². The minimum atomic E-state index is -0.268. The number of methoxy groups -OCH3 is 2. The first kappa shape index (κ1) is 25.0. The van der Waals surface area contributed by atoms with Crippen LogP contribution in [0.5, 0.6) is 11.5 Å². The van der Waals surface area contributed by atoms with Gasteiger partial charge in [0.25, 0.3) is 5.91 Å². The topological polar surface area (TPSA) is 80.8 Å². The molecule has 35 heavy (non-hydrogen) atoms. The standard InChI is InChI=1S/C26H28ClN3O4S/c1-16-12-22(33-2)23(34-3)14-20(16)28-25(32)21-15-35-26(29-21)17-8-10-30(11-9-17)24(31)13-18-6-4-5-7-19(18)27/h4-7,12,14-15,17H,8-11,13H2,1-3H3,(H,28,32). The maximum Gasteiger partial charge on any atom is 0.275 e. The number of carbonyl (C=O) groups excluding carboxylic acids is 2. The van der Waals surface area contributed by atoms with Gasteiger partial charge in [0.2, 0.25) is 5.91 Å². The van der Waals surface area contributed by atoms with Gasteiger partial charge in [0, 0.05) is 41.2 Å². The van der Waals surface area contributed by atoms with Crippen molar-refractivity contribution in [2.24, 2.45) is 0 Å². The third kappa shape index (κ3) is 5.77. The van der Waals surface area contributed by atoms with Crippen molar-refractivity contribution in [3.8, 4) is 11.5 Å². The van der Waals surface area contributed by atoms with Crippen LogP contribution in [-0.2, 0) is 11.2 Å². The second-order valence-electron chi connectivity index (χ2n) is 8.47. The summed E-state index contributed by atoms with van der Waals surface area (Å²) in [7, 11) is 3.13. The summed E-state index contributed by atoms with van der Waals surface area (Å²) in [4.78, 5) is 32.1. The van der Waals surface area contributed by atoms with Crippen molar-refractivity contribution >= 4 is 40.4 Å². The number of benzene rings is 2. The van der Waals surface area contributed by atoms with Crippen LogP contribution in [0.3, 0.4) is 0 Å². The van der Waals surface area contributed by atoms with Crippen LogP contribution >= 0.6 is 22.9 Å². The van der Waals surface area contributed by atoms with Crippen molar-refractivity contribution in [1.82, 2.24) is 9.88 Å². The number of hydrogen-bond acceptors (Lipinski definition) is 6. The molecule has 0 spiro atoms. The molecule has 0 atom stereocenters. The summed E-state index contributed by atoms with van der Waals surface area (Å²) < 4.78 is 10.7. The lowest BCUT2D eigenvalue weighted by Gasteiger charge is -2.31. The molecular formula is C26H28ClN3O4S. The van der Waals surface area contributed by atoms with Gasteiger partial charge in [-0.05, 0) is 43.0 Å². The van der Waals surface area contributed by atoms with E-state index >= 15 is 0 Å². The van der Waals surface area contributed by atoms with Gasteiger partial charge in [0.15, 0.2) is 11.5 Å². The van der Waals surface area contributed by atoms with Crippen molar-refractivity contribution in [1.29, 1.82) is 0 Å². The number of carbonyl (C=O) groups is 2. The average Bonchev–Trinajstić information content (AvgIpc) is 3.37. The molecule has 1 aliphatic heterocycles. The van der Waals surface area contributed by atoms with E-state index in [-0.39, 0.29) is 17.7 Å². The molecular weight excluding hydrogens is 486 g/mol. The van der Waals surface area contributed by atoms with Crippen LogP contribution in [0.15, 0.2) is 41.8 Å². The molecule has 7 nitrogen and oxygen atoms in total.